The van der Waals surface area contributed by atoms with E-state index in [-0.39, 0.29) is 11.6 Å². The fraction of sp³-hybridized carbons (Fsp3) is 0.706. The van der Waals surface area contributed by atoms with E-state index in [9.17, 15) is 18.0 Å². The van der Waals surface area contributed by atoms with Gasteiger partial charge < -0.3 is 9.74 Å². The maximum Gasteiger partial charge on any atom is 0.471 e. The van der Waals surface area contributed by atoms with Gasteiger partial charge in [0.15, 0.2) is 8.32 Å². The lowest BCUT2D eigenvalue weighted by molar-refractivity contribution is -0.174. The third-order valence-corrected chi connectivity index (χ3v) is 8.56. The van der Waals surface area contributed by atoms with Crippen molar-refractivity contribution in [2.24, 2.45) is 0 Å². The van der Waals surface area contributed by atoms with E-state index < -0.39 is 26.4 Å². The average Bonchev–Trinajstić information content (AvgIpc) is 2.41. The van der Waals surface area contributed by atoms with Gasteiger partial charge in [-0.05, 0) is 31.0 Å². The van der Waals surface area contributed by atoms with Crippen LogP contribution in [0.3, 0.4) is 0 Å². The SMILES string of the molecule is C#CCCCC=C[C@H](CO[Si](C)(C)C(C)(C)C)NC(=O)C(F)(F)F. The number of allylic oxidation sites excluding steroid dienone is 1. The lowest BCUT2D eigenvalue weighted by atomic mass is 10.2. The van der Waals surface area contributed by atoms with Crippen molar-refractivity contribution in [2.75, 3.05) is 6.61 Å². The van der Waals surface area contributed by atoms with Crippen molar-refractivity contribution in [2.45, 2.75) is 70.4 Å². The zero-order valence-corrected chi connectivity index (χ0v) is 16.1. The Kier molecular flexibility index (Phi) is 8.79. The van der Waals surface area contributed by atoms with Crippen LogP contribution >= 0.6 is 0 Å². The summed E-state index contributed by atoms with van der Waals surface area (Å²) in [6.45, 7) is 10.1. The summed E-state index contributed by atoms with van der Waals surface area (Å²) in [5, 5.41) is 1.91. The summed E-state index contributed by atoms with van der Waals surface area (Å²) in [6, 6.07) is -0.820. The van der Waals surface area contributed by atoms with Crippen molar-refractivity contribution in [3.05, 3.63) is 12.2 Å². The van der Waals surface area contributed by atoms with E-state index in [0.717, 1.165) is 6.42 Å². The van der Waals surface area contributed by atoms with Gasteiger partial charge in [0.25, 0.3) is 0 Å². The first-order valence-corrected chi connectivity index (χ1v) is 10.8. The minimum absolute atomic E-state index is 0.0178. The molecule has 24 heavy (non-hydrogen) atoms. The Morgan fingerprint density at radius 3 is 2.38 bits per heavy atom. The predicted molar refractivity (Wildman–Crippen MR) is 93.0 cm³/mol. The summed E-state index contributed by atoms with van der Waals surface area (Å²) in [4.78, 5) is 11.2. The maximum atomic E-state index is 12.5. The normalized spacial score (nSPS) is 14.5. The first kappa shape index (κ1) is 22.7. The molecule has 0 spiro atoms. The molecule has 0 aliphatic carbocycles. The van der Waals surface area contributed by atoms with Gasteiger partial charge in [-0.2, -0.15) is 13.2 Å². The fourth-order valence-corrected chi connectivity index (χ4v) is 2.52. The molecule has 138 valence electrons. The summed E-state index contributed by atoms with van der Waals surface area (Å²) in [7, 11) is -2.12. The van der Waals surface area contributed by atoms with Crippen LogP contribution < -0.4 is 5.32 Å². The van der Waals surface area contributed by atoms with Crippen LogP contribution in [0.15, 0.2) is 12.2 Å². The minimum atomic E-state index is -4.91. The molecule has 0 aromatic heterocycles. The van der Waals surface area contributed by atoms with Crippen molar-refractivity contribution in [3.63, 3.8) is 0 Å². The number of hydrogen-bond acceptors (Lipinski definition) is 2. The molecule has 1 amide bonds. The molecule has 1 N–H and O–H groups in total. The molecule has 0 saturated carbocycles. The van der Waals surface area contributed by atoms with E-state index >= 15 is 0 Å². The Morgan fingerprint density at radius 1 is 1.33 bits per heavy atom. The third kappa shape index (κ3) is 8.55. The molecule has 0 unspecified atom stereocenters. The van der Waals surface area contributed by atoms with Crippen LogP contribution in [-0.2, 0) is 9.22 Å². The summed E-state index contributed by atoms with van der Waals surface area (Å²) in [5.41, 5.74) is 0. The second-order valence-corrected chi connectivity index (χ2v) is 12.0. The highest BCUT2D eigenvalue weighted by atomic mass is 28.4. The molecule has 0 radical (unpaired) electrons. The van der Waals surface area contributed by atoms with Crippen molar-refractivity contribution in [3.8, 4) is 12.3 Å². The molecule has 0 aromatic rings. The van der Waals surface area contributed by atoms with Gasteiger partial charge in [0, 0.05) is 6.42 Å². The van der Waals surface area contributed by atoms with Gasteiger partial charge in [0.1, 0.15) is 0 Å². The molecule has 7 heteroatoms. The molecule has 1 atom stereocenters. The van der Waals surface area contributed by atoms with Gasteiger partial charge in [-0.1, -0.05) is 32.9 Å². The first-order valence-electron chi connectivity index (χ1n) is 7.93. The molecule has 0 bridgehead atoms. The van der Waals surface area contributed by atoms with E-state index in [1.807, 2.05) is 39.2 Å². The maximum absolute atomic E-state index is 12.5. The Labute approximate surface area is 144 Å². The molecule has 0 saturated heterocycles. The Morgan fingerprint density at radius 2 is 1.92 bits per heavy atom. The van der Waals surface area contributed by atoms with Crippen LogP contribution in [0.1, 0.15) is 40.0 Å². The molecule has 0 heterocycles. The monoisotopic (exact) mass is 363 g/mol. The number of halogens is 3. The van der Waals surface area contributed by atoms with Gasteiger partial charge in [0.2, 0.25) is 0 Å². The Bertz CT molecular complexity index is 474. The van der Waals surface area contributed by atoms with E-state index in [1.54, 1.807) is 12.2 Å². The van der Waals surface area contributed by atoms with E-state index in [4.69, 9.17) is 10.8 Å². The second kappa shape index (κ2) is 9.28. The zero-order chi connectivity index (χ0) is 19.0. The van der Waals surface area contributed by atoms with Crippen molar-refractivity contribution in [1.29, 1.82) is 0 Å². The lowest BCUT2D eigenvalue weighted by Crippen LogP contribution is -2.48. The molecular formula is C17H28F3NO2Si. The molecule has 0 rings (SSSR count). The van der Waals surface area contributed by atoms with E-state index in [1.165, 1.54) is 0 Å². The van der Waals surface area contributed by atoms with Crippen molar-refractivity contribution in [1.82, 2.24) is 5.32 Å². The fourth-order valence-electron chi connectivity index (χ4n) is 1.49. The number of nitrogens with one attached hydrogen (secondary N) is 1. The Balaban J connectivity index is 4.87. The second-order valence-electron chi connectivity index (χ2n) is 7.17. The highest BCUT2D eigenvalue weighted by Gasteiger charge is 2.41. The number of alkyl halides is 3. The van der Waals surface area contributed by atoms with Gasteiger partial charge in [-0.15, -0.1) is 12.3 Å². The van der Waals surface area contributed by atoms with Crippen LogP contribution in [0, 0.1) is 12.3 Å². The minimum Gasteiger partial charge on any atom is -0.414 e. The number of terminal acetylenes is 1. The topological polar surface area (TPSA) is 38.3 Å². The highest BCUT2D eigenvalue weighted by Crippen LogP contribution is 2.36. The molecule has 0 aliphatic rings. The predicted octanol–water partition coefficient (Wildman–Crippen LogP) is 4.42. The Hall–Kier alpha value is -1.26. The number of carbonyl (C=O) groups is 1. The van der Waals surface area contributed by atoms with Gasteiger partial charge in [-0.3, -0.25) is 4.79 Å². The number of carbonyl (C=O) groups excluding carboxylic acids is 1. The highest BCUT2D eigenvalue weighted by molar-refractivity contribution is 6.74. The number of hydrogen-bond donors (Lipinski definition) is 1. The van der Waals surface area contributed by atoms with Crippen molar-refractivity contribution >= 4 is 14.2 Å². The van der Waals surface area contributed by atoms with Gasteiger partial charge in [-0.25, -0.2) is 0 Å². The summed E-state index contributed by atoms with van der Waals surface area (Å²) in [5.74, 6) is 0.539. The quantitative estimate of drug-likeness (QED) is 0.300. The first-order chi connectivity index (χ1) is 10.8. The standard InChI is InChI=1S/C17H28F3NO2Si/c1-7-8-9-10-11-12-14(21-15(22)17(18,19)20)13-23-24(5,6)16(2,3)4/h1,11-12,14H,8-10,13H2,2-6H3,(H,21,22)/t14-/m1/s1. The third-order valence-electron chi connectivity index (χ3n) is 4.06. The summed E-state index contributed by atoms with van der Waals surface area (Å²) in [6.07, 6.45) is 5.51. The number of rotatable bonds is 8. The van der Waals surface area contributed by atoms with Crippen molar-refractivity contribution < 1.29 is 22.4 Å². The molecular weight excluding hydrogens is 335 g/mol. The van der Waals surface area contributed by atoms with Crippen LogP contribution in [0.4, 0.5) is 13.2 Å². The average molecular weight is 363 g/mol. The number of amides is 1. The van der Waals surface area contributed by atoms with Crippen LogP contribution in [0.5, 0.6) is 0 Å². The molecule has 3 nitrogen and oxygen atoms in total. The van der Waals surface area contributed by atoms with Gasteiger partial charge in [0.05, 0.1) is 12.6 Å². The van der Waals surface area contributed by atoms with E-state index in [2.05, 4.69) is 5.92 Å². The number of unbranched alkanes of at least 4 members (excludes halogenated alkanes) is 2. The largest absolute Gasteiger partial charge is 0.471 e. The smallest absolute Gasteiger partial charge is 0.414 e. The summed E-state index contributed by atoms with van der Waals surface area (Å²) < 4.78 is 43.3. The van der Waals surface area contributed by atoms with Crippen LogP contribution in [0.25, 0.3) is 0 Å². The zero-order valence-electron chi connectivity index (χ0n) is 15.1. The summed E-state index contributed by atoms with van der Waals surface area (Å²) >= 11 is 0. The lowest BCUT2D eigenvalue weighted by Gasteiger charge is -2.37. The van der Waals surface area contributed by atoms with Crippen LogP contribution in [-0.4, -0.2) is 33.0 Å². The molecule has 0 fully saturated rings. The van der Waals surface area contributed by atoms with Crippen LogP contribution in [0.2, 0.25) is 18.1 Å². The molecule has 0 aliphatic heterocycles. The van der Waals surface area contributed by atoms with E-state index in [0.29, 0.717) is 12.8 Å². The molecule has 0 aromatic carbocycles. The van der Waals surface area contributed by atoms with Gasteiger partial charge >= 0.3 is 12.1 Å².